The second-order valence-corrected chi connectivity index (χ2v) is 17.6. The Morgan fingerprint density at radius 1 is 0.588 bits per heavy atom. The molecule has 0 bridgehead atoms. The van der Waals surface area contributed by atoms with E-state index in [1.165, 1.54) is 12.3 Å². The van der Waals surface area contributed by atoms with E-state index in [1.54, 1.807) is 55.5 Å². The normalized spacial score (nSPS) is 11.0. The molecular weight excluding hydrogens is 966 g/mol. The zero-order chi connectivity index (χ0) is 47.9. The summed E-state index contributed by atoms with van der Waals surface area (Å²) in [5.41, 5.74) is 11.8. The summed E-state index contributed by atoms with van der Waals surface area (Å²) in [6.45, 7) is 4.92. The van der Waals surface area contributed by atoms with Crippen molar-refractivity contribution in [2.75, 3.05) is 0 Å². The van der Waals surface area contributed by atoms with Crippen LogP contribution in [0.4, 0.5) is 0 Å². The van der Waals surface area contributed by atoms with Gasteiger partial charge in [-0.25, -0.2) is 19.6 Å². The Morgan fingerprint density at radius 2 is 1.07 bits per heavy atom. The van der Waals surface area contributed by atoms with Crippen LogP contribution in [0.2, 0.25) is 20.1 Å². The summed E-state index contributed by atoms with van der Waals surface area (Å²) < 4.78 is 0. The number of carbonyl (C=O) groups excluding carboxylic acids is 1. The first-order chi connectivity index (χ1) is 32.8. The van der Waals surface area contributed by atoms with E-state index in [0.29, 0.717) is 57.3 Å². The number of aromatic nitrogens is 8. The highest BCUT2D eigenvalue weighted by Gasteiger charge is 2.14. The van der Waals surface area contributed by atoms with Gasteiger partial charge in [0.25, 0.3) is 5.91 Å². The van der Waals surface area contributed by atoms with Crippen LogP contribution in [-0.2, 0) is 25.9 Å². The summed E-state index contributed by atoms with van der Waals surface area (Å²) >= 11 is 29.8. The summed E-state index contributed by atoms with van der Waals surface area (Å²) in [5.74, 6) is -1.12. The maximum absolute atomic E-state index is 12.8. The van der Waals surface area contributed by atoms with E-state index < -0.39 is 5.97 Å². The highest BCUT2D eigenvalue weighted by atomic mass is 35.5. The molecule has 2 aromatic carbocycles. The van der Waals surface area contributed by atoms with Crippen molar-refractivity contribution in [3.8, 4) is 0 Å². The molecule has 8 heterocycles. The number of amides is 1. The molecule has 0 unspecified atom stereocenters. The molecule has 0 aliphatic heterocycles. The molecule has 10 aromatic rings. The first-order valence-electron chi connectivity index (χ1n) is 20.9. The van der Waals surface area contributed by atoms with E-state index in [2.05, 4.69) is 50.0 Å². The standard InChI is InChI=1S/C25H19Cl2N5O.C16H11ClN2O2.C9H9Cl2N3/c1-14-18(10-30-24-23(14)21(27)13-31-24)11-32-25(33)16-4-5-28-20(9-16)7-15-2-3-22-17(6-15)8-19(26)12-29-22;17-13-7-12-5-10(1-2-15(12)19-9-13)6-14-8-11(16(20)21)3-4-18-14;1-5-6(3-14-11)2-12-9-8(5)7(10)4-13-9/h2-6,8-10,12-13H,7,11H2,1H3,(H,30,31)(H,32,33);1-5,7-9H,6H2,(H,20,21);2,4,14H,3H2,1H3,(H,12,13). The van der Waals surface area contributed by atoms with Gasteiger partial charge in [-0.3, -0.25) is 24.7 Å². The molecule has 1 amide bonds. The average Bonchev–Trinajstić information content (AvgIpc) is 3.91. The van der Waals surface area contributed by atoms with Crippen LogP contribution >= 0.6 is 58.2 Å². The Balaban J connectivity index is 0.000000152. The van der Waals surface area contributed by atoms with Crippen LogP contribution in [0.25, 0.3) is 43.9 Å². The molecule has 0 spiro atoms. The van der Waals surface area contributed by atoms with Gasteiger partial charge in [-0.2, -0.15) is 0 Å². The summed E-state index contributed by atoms with van der Waals surface area (Å²) in [7, 11) is 0. The minimum absolute atomic E-state index is 0.173. The van der Waals surface area contributed by atoms with Crippen LogP contribution in [0.1, 0.15) is 65.5 Å². The predicted molar refractivity (Wildman–Crippen MR) is 270 cm³/mol. The molecule has 0 saturated heterocycles. The maximum Gasteiger partial charge on any atom is 0.335 e. The molecule has 0 atom stereocenters. The minimum Gasteiger partial charge on any atom is -0.478 e. The van der Waals surface area contributed by atoms with Crippen LogP contribution in [-0.4, -0.2) is 56.9 Å². The third-order valence-corrected chi connectivity index (χ3v) is 12.2. The number of halogens is 5. The zero-order valence-corrected chi connectivity index (χ0v) is 40.0. The number of H-pyrrole nitrogens is 2. The number of carboxylic acids is 1. The van der Waals surface area contributed by atoms with Crippen LogP contribution in [0.15, 0.2) is 122 Å². The maximum atomic E-state index is 12.8. The number of rotatable bonds is 10. The predicted octanol–water partition coefficient (Wildman–Crippen LogP) is 12.0. The third-order valence-electron chi connectivity index (χ3n) is 11.1. The van der Waals surface area contributed by atoms with Crippen LogP contribution in [0.3, 0.4) is 0 Å². The fraction of sp³-hybridized carbons (Fsp3) is 0.120. The van der Waals surface area contributed by atoms with E-state index in [1.807, 2.05) is 68.4 Å². The van der Waals surface area contributed by atoms with Crippen molar-refractivity contribution in [3.63, 3.8) is 0 Å². The number of aromatic carboxylic acids is 1. The summed E-state index contributed by atoms with van der Waals surface area (Å²) in [6, 6.07) is 22.2. The van der Waals surface area contributed by atoms with Gasteiger partial charge in [0.05, 0.1) is 36.7 Å². The van der Waals surface area contributed by atoms with Crippen molar-refractivity contribution in [1.82, 2.24) is 50.0 Å². The number of pyridine rings is 6. The summed E-state index contributed by atoms with van der Waals surface area (Å²) in [4.78, 5) is 58.2. The average molecular weight is 1010 g/mol. The van der Waals surface area contributed by atoms with Crippen molar-refractivity contribution in [2.24, 2.45) is 0 Å². The lowest BCUT2D eigenvalue weighted by molar-refractivity contribution is 0.0696. The Labute approximate surface area is 414 Å². The van der Waals surface area contributed by atoms with Gasteiger partial charge in [0.2, 0.25) is 0 Å². The number of fused-ring (bicyclic) bond motifs is 4. The molecule has 13 nitrogen and oxygen atoms in total. The van der Waals surface area contributed by atoms with Crippen molar-refractivity contribution in [1.29, 1.82) is 0 Å². The Bertz CT molecular complexity index is 3490. The van der Waals surface area contributed by atoms with E-state index in [9.17, 15) is 9.59 Å². The van der Waals surface area contributed by atoms with E-state index in [0.717, 1.165) is 82.9 Å². The highest BCUT2D eigenvalue weighted by molar-refractivity contribution is 6.36. The van der Waals surface area contributed by atoms with Crippen molar-refractivity contribution in [3.05, 3.63) is 198 Å². The number of hydrogen-bond acceptors (Lipinski definition) is 9. The minimum atomic E-state index is -0.951. The van der Waals surface area contributed by atoms with Gasteiger partial charge in [0.15, 0.2) is 0 Å². The molecule has 342 valence electrons. The second kappa shape index (κ2) is 21.5. The van der Waals surface area contributed by atoms with Gasteiger partial charge in [0.1, 0.15) is 11.3 Å². The van der Waals surface area contributed by atoms with Crippen molar-refractivity contribution < 1.29 is 14.7 Å². The molecule has 18 heteroatoms. The lowest BCUT2D eigenvalue weighted by atomic mass is 10.0. The first kappa shape index (κ1) is 47.8. The Kier molecular flexibility index (Phi) is 15.1. The zero-order valence-electron chi connectivity index (χ0n) is 36.2. The Morgan fingerprint density at radius 3 is 1.57 bits per heavy atom. The molecule has 68 heavy (non-hydrogen) atoms. The van der Waals surface area contributed by atoms with Gasteiger partial charge in [-0.1, -0.05) is 58.5 Å². The molecular formula is C50H39Cl5N10O3. The fourth-order valence-corrected chi connectivity index (χ4v) is 8.62. The number of benzene rings is 2. The van der Waals surface area contributed by atoms with E-state index in [4.69, 9.17) is 63.3 Å². The molecule has 0 aliphatic rings. The van der Waals surface area contributed by atoms with Crippen molar-refractivity contribution in [2.45, 2.75) is 39.8 Å². The highest BCUT2D eigenvalue weighted by Crippen LogP contribution is 2.28. The van der Waals surface area contributed by atoms with Gasteiger partial charge in [-0.15, -0.1) is 0 Å². The molecule has 10 rings (SSSR count). The topological polar surface area (TPSA) is 187 Å². The number of hydrogen-bond donors (Lipinski definition) is 5. The quantitative estimate of drug-likeness (QED) is 0.0825. The molecule has 8 aromatic heterocycles. The number of nitrogens with zero attached hydrogens (tertiary/aromatic N) is 6. The summed E-state index contributed by atoms with van der Waals surface area (Å²) in [5, 5.41) is 18.2. The van der Waals surface area contributed by atoms with Gasteiger partial charge in [0, 0.05) is 114 Å². The van der Waals surface area contributed by atoms with E-state index in [-0.39, 0.29) is 11.5 Å². The molecule has 0 saturated carbocycles. The summed E-state index contributed by atoms with van der Waals surface area (Å²) in [6.07, 6.45) is 14.6. The number of aryl methyl sites for hydroxylation is 2. The smallest absolute Gasteiger partial charge is 0.335 e. The molecule has 0 radical (unpaired) electrons. The lowest BCUT2D eigenvalue weighted by Crippen LogP contribution is -2.23. The van der Waals surface area contributed by atoms with Gasteiger partial charge >= 0.3 is 5.97 Å². The number of nitrogens with one attached hydrogen (secondary N) is 4. The van der Waals surface area contributed by atoms with Gasteiger partial charge < -0.3 is 20.4 Å². The number of aromatic amines is 2. The number of carbonyl (C=O) groups is 2. The largest absolute Gasteiger partial charge is 0.478 e. The second-order valence-electron chi connectivity index (χ2n) is 15.6. The van der Waals surface area contributed by atoms with Crippen molar-refractivity contribution >= 4 is 114 Å². The molecule has 5 N–H and O–H groups in total. The van der Waals surface area contributed by atoms with Gasteiger partial charge in [-0.05, 0) is 120 Å². The first-order valence-corrected chi connectivity index (χ1v) is 22.8. The number of carboxylic acid groups (broad SMARTS) is 1. The van der Waals surface area contributed by atoms with Crippen LogP contribution in [0.5, 0.6) is 0 Å². The van der Waals surface area contributed by atoms with Crippen LogP contribution < -0.4 is 10.2 Å². The fourth-order valence-electron chi connectivity index (χ4n) is 7.57. The lowest BCUT2D eigenvalue weighted by Gasteiger charge is -2.10. The third kappa shape index (κ3) is 11.3. The Hall–Kier alpha value is -6.71. The van der Waals surface area contributed by atoms with Crippen LogP contribution in [0, 0.1) is 13.8 Å². The van der Waals surface area contributed by atoms with E-state index >= 15 is 0 Å². The monoisotopic (exact) mass is 1000 g/mol. The molecule has 0 aliphatic carbocycles. The SMILES string of the molecule is Cc1c(CNC(=O)c2ccnc(Cc3ccc4ncc(Cl)cc4c3)c2)cnc2[nH]cc(Cl)c12.Cc1c(CNCl)cnc2[nH]cc(Cl)c12.O=C(O)c1ccnc(Cc2ccc3ncc(Cl)cc3c2)c1. The molecule has 0 fully saturated rings.